The summed E-state index contributed by atoms with van der Waals surface area (Å²) in [5.74, 6) is -0.156. The predicted octanol–water partition coefficient (Wildman–Crippen LogP) is 2.64. The van der Waals surface area contributed by atoms with Crippen LogP contribution >= 0.6 is 0 Å². The zero-order chi connectivity index (χ0) is 16.7. The van der Waals surface area contributed by atoms with Crippen molar-refractivity contribution in [3.05, 3.63) is 75.8 Å². The molecule has 0 radical (unpaired) electrons. The largest absolute Gasteiger partial charge is 0.375 e. The molecule has 2 aromatic rings. The number of benzene rings is 2. The number of methoxy groups -OCH3 is 1. The average molecular weight is 314 g/mol. The molecule has 6 nitrogen and oxygen atoms in total. The summed E-state index contributed by atoms with van der Waals surface area (Å²) in [6.07, 6.45) is -0.0412. The fraction of sp³-hybridized carbons (Fsp3) is 0.235. The molecule has 6 heteroatoms. The van der Waals surface area contributed by atoms with Crippen molar-refractivity contribution in [3.8, 4) is 0 Å². The minimum absolute atomic E-state index is 0.0117. The molecular formula is C17H18N2O4. The molecule has 0 aliphatic carbocycles. The number of nitro benzene ring substituents is 1. The molecule has 1 N–H and O–H groups in total. The average Bonchev–Trinajstić information content (AvgIpc) is 2.57. The van der Waals surface area contributed by atoms with Crippen LogP contribution in [0.1, 0.15) is 17.2 Å². The molecular weight excluding hydrogens is 296 g/mol. The molecule has 0 unspecified atom stereocenters. The SMILES string of the molecule is CO[C@H](CNC(=O)Cc1ccc([N+](=O)[O-])cc1)c1ccccc1. The van der Waals surface area contributed by atoms with Gasteiger partial charge in [-0.15, -0.1) is 0 Å². The lowest BCUT2D eigenvalue weighted by Crippen LogP contribution is -2.30. The van der Waals surface area contributed by atoms with E-state index < -0.39 is 4.92 Å². The summed E-state index contributed by atoms with van der Waals surface area (Å²) in [5, 5.41) is 13.4. The van der Waals surface area contributed by atoms with Crippen LogP contribution in [0.2, 0.25) is 0 Å². The van der Waals surface area contributed by atoms with Crippen LogP contribution in [-0.2, 0) is 16.0 Å². The second-order valence-electron chi connectivity index (χ2n) is 5.04. The van der Waals surface area contributed by atoms with E-state index in [2.05, 4.69) is 5.32 Å². The second kappa shape index (κ2) is 8.05. The van der Waals surface area contributed by atoms with E-state index >= 15 is 0 Å². The third-order valence-electron chi connectivity index (χ3n) is 3.45. The van der Waals surface area contributed by atoms with E-state index in [0.717, 1.165) is 11.1 Å². The van der Waals surface area contributed by atoms with Gasteiger partial charge >= 0.3 is 0 Å². The number of carbonyl (C=O) groups is 1. The lowest BCUT2D eigenvalue weighted by atomic mass is 10.1. The van der Waals surface area contributed by atoms with Gasteiger partial charge < -0.3 is 10.1 Å². The van der Waals surface area contributed by atoms with Gasteiger partial charge in [-0.1, -0.05) is 42.5 Å². The Hall–Kier alpha value is -2.73. The van der Waals surface area contributed by atoms with E-state index in [9.17, 15) is 14.9 Å². The first-order valence-electron chi connectivity index (χ1n) is 7.18. The normalized spacial score (nSPS) is 11.7. The first kappa shape index (κ1) is 16.6. The molecule has 0 bridgehead atoms. The second-order valence-corrected chi connectivity index (χ2v) is 5.04. The highest BCUT2D eigenvalue weighted by molar-refractivity contribution is 5.78. The van der Waals surface area contributed by atoms with E-state index in [-0.39, 0.29) is 24.1 Å². The maximum atomic E-state index is 12.0. The summed E-state index contributed by atoms with van der Waals surface area (Å²) in [6, 6.07) is 15.6. The lowest BCUT2D eigenvalue weighted by molar-refractivity contribution is -0.384. The van der Waals surface area contributed by atoms with Gasteiger partial charge in [0.1, 0.15) is 0 Å². The molecule has 0 heterocycles. The van der Waals surface area contributed by atoms with Crippen molar-refractivity contribution in [2.75, 3.05) is 13.7 Å². The fourth-order valence-corrected chi connectivity index (χ4v) is 2.19. The summed E-state index contributed by atoms with van der Waals surface area (Å²) in [7, 11) is 1.60. The molecule has 0 spiro atoms. The molecule has 2 rings (SSSR count). The Morgan fingerprint density at radius 2 is 1.83 bits per heavy atom. The van der Waals surface area contributed by atoms with Gasteiger partial charge in [-0.05, 0) is 11.1 Å². The fourth-order valence-electron chi connectivity index (χ4n) is 2.19. The zero-order valence-corrected chi connectivity index (χ0v) is 12.8. The molecule has 0 saturated carbocycles. The van der Waals surface area contributed by atoms with E-state index in [1.807, 2.05) is 30.3 Å². The predicted molar refractivity (Wildman–Crippen MR) is 86.0 cm³/mol. The molecule has 1 atom stereocenters. The zero-order valence-electron chi connectivity index (χ0n) is 12.8. The molecule has 0 saturated heterocycles. The van der Waals surface area contributed by atoms with E-state index in [1.54, 1.807) is 19.2 Å². The smallest absolute Gasteiger partial charge is 0.269 e. The third kappa shape index (κ3) is 4.89. The highest BCUT2D eigenvalue weighted by atomic mass is 16.6. The first-order valence-corrected chi connectivity index (χ1v) is 7.18. The van der Waals surface area contributed by atoms with E-state index in [4.69, 9.17) is 4.74 Å². The quantitative estimate of drug-likeness (QED) is 0.629. The Morgan fingerprint density at radius 1 is 1.17 bits per heavy atom. The van der Waals surface area contributed by atoms with Crippen LogP contribution in [0.4, 0.5) is 5.69 Å². The third-order valence-corrected chi connectivity index (χ3v) is 3.45. The lowest BCUT2D eigenvalue weighted by Gasteiger charge is -2.16. The summed E-state index contributed by atoms with van der Waals surface area (Å²) in [4.78, 5) is 22.1. The maximum absolute atomic E-state index is 12.0. The van der Waals surface area contributed by atoms with Gasteiger partial charge in [0.05, 0.1) is 17.4 Å². The molecule has 0 aliphatic heterocycles. The number of non-ortho nitro benzene ring substituents is 1. The number of nitro groups is 1. The van der Waals surface area contributed by atoms with Gasteiger partial charge in [-0.3, -0.25) is 14.9 Å². The van der Waals surface area contributed by atoms with Crippen LogP contribution in [0.5, 0.6) is 0 Å². The van der Waals surface area contributed by atoms with Crippen LogP contribution in [-0.4, -0.2) is 24.5 Å². The van der Waals surface area contributed by atoms with Gasteiger partial charge in [-0.25, -0.2) is 0 Å². The Balaban J connectivity index is 1.88. The molecule has 1 amide bonds. The van der Waals surface area contributed by atoms with Crippen molar-refractivity contribution in [3.63, 3.8) is 0 Å². The van der Waals surface area contributed by atoms with Crippen LogP contribution in [0.15, 0.2) is 54.6 Å². The van der Waals surface area contributed by atoms with Crippen LogP contribution < -0.4 is 5.32 Å². The molecule has 0 aliphatic rings. The van der Waals surface area contributed by atoms with Gasteiger partial charge in [-0.2, -0.15) is 0 Å². The van der Waals surface area contributed by atoms with Crippen molar-refractivity contribution in [2.45, 2.75) is 12.5 Å². The van der Waals surface area contributed by atoms with Crippen molar-refractivity contribution in [1.82, 2.24) is 5.32 Å². The van der Waals surface area contributed by atoms with Crippen LogP contribution in [0.25, 0.3) is 0 Å². The number of nitrogens with zero attached hydrogens (tertiary/aromatic N) is 1. The number of hydrogen-bond acceptors (Lipinski definition) is 4. The molecule has 120 valence electrons. The minimum atomic E-state index is -0.465. The summed E-state index contributed by atoms with van der Waals surface area (Å²) in [5.41, 5.74) is 1.73. The first-order chi connectivity index (χ1) is 11.1. The van der Waals surface area contributed by atoms with Crippen LogP contribution in [0.3, 0.4) is 0 Å². The van der Waals surface area contributed by atoms with Gasteiger partial charge in [0.2, 0.25) is 5.91 Å². The van der Waals surface area contributed by atoms with E-state index in [0.29, 0.717) is 6.54 Å². The van der Waals surface area contributed by atoms with Gasteiger partial charge in [0, 0.05) is 25.8 Å². The summed E-state index contributed by atoms with van der Waals surface area (Å²) < 4.78 is 5.39. The Bertz CT molecular complexity index is 656. The number of nitrogens with one attached hydrogen (secondary N) is 1. The molecule has 23 heavy (non-hydrogen) atoms. The van der Waals surface area contributed by atoms with E-state index in [1.165, 1.54) is 12.1 Å². The molecule has 2 aromatic carbocycles. The monoisotopic (exact) mass is 314 g/mol. The van der Waals surface area contributed by atoms with Crippen molar-refractivity contribution < 1.29 is 14.5 Å². The molecule has 0 fully saturated rings. The molecule has 0 aromatic heterocycles. The van der Waals surface area contributed by atoms with Gasteiger partial charge in [0.15, 0.2) is 0 Å². The standard InChI is InChI=1S/C17H18N2O4/c1-23-16(14-5-3-2-4-6-14)12-18-17(20)11-13-7-9-15(10-8-13)19(21)22/h2-10,16H,11-12H2,1H3,(H,18,20)/t16-/m1/s1. The minimum Gasteiger partial charge on any atom is -0.375 e. The highest BCUT2D eigenvalue weighted by Gasteiger charge is 2.12. The van der Waals surface area contributed by atoms with Crippen molar-refractivity contribution in [1.29, 1.82) is 0 Å². The van der Waals surface area contributed by atoms with Crippen molar-refractivity contribution in [2.24, 2.45) is 0 Å². The Morgan fingerprint density at radius 3 is 2.39 bits per heavy atom. The number of hydrogen-bond donors (Lipinski definition) is 1. The summed E-state index contributed by atoms with van der Waals surface area (Å²) in [6.45, 7) is 0.367. The number of carbonyl (C=O) groups excluding carboxylic acids is 1. The summed E-state index contributed by atoms with van der Waals surface area (Å²) >= 11 is 0. The van der Waals surface area contributed by atoms with Gasteiger partial charge in [0.25, 0.3) is 5.69 Å². The number of ether oxygens (including phenoxy) is 1. The topological polar surface area (TPSA) is 81.5 Å². The Labute approximate surface area is 134 Å². The number of amides is 1. The maximum Gasteiger partial charge on any atom is 0.269 e. The van der Waals surface area contributed by atoms with Crippen molar-refractivity contribution >= 4 is 11.6 Å². The number of rotatable bonds is 7. The Kier molecular flexibility index (Phi) is 5.82. The highest BCUT2D eigenvalue weighted by Crippen LogP contribution is 2.15. The van der Waals surface area contributed by atoms with Crippen LogP contribution in [0, 0.1) is 10.1 Å².